The molecule has 1 aliphatic heterocycles. The molecule has 0 radical (unpaired) electrons. The first-order valence-corrected chi connectivity index (χ1v) is 10.5. The summed E-state index contributed by atoms with van der Waals surface area (Å²) in [5.74, 6) is 0.303. The summed E-state index contributed by atoms with van der Waals surface area (Å²) in [5, 5.41) is 9.22. The minimum atomic E-state index is -0.440. The van der Waals surface area contributed by atoms with Gasteiger partial charge >= 0.3 is 0 Å². The van der Waals surface area contributed by atoms with Crippen LogP contribution in [0.2, 0.25) is 0 Å². The molecule has 1 aliphatic rings. The molecule has 1 aromatic carbocycles. The zero-order chi connectivity index (χ0) is 20.4. The lowest BCUT2D eigenvalue weighted by molar-refractivity contribution is -0.117. The number of piperidine rings is 1. The first-order valence-electron chi connectivity index (χ1n) is 9.67. The Kier molecular flexibility index (Phi) is 5.57. The fourth-order valence-corrected chi connectivity index (χ4v) is 4.18. The molecule has 3 aromatic rings. The molecule has 0 bridgehead atoms. The van der Waals surface area contributed by atoms with Crippen molar-refractivity contribution in [3.63, 3.8) is 0 Å². The van der Waals surface area contributed by atoms with Crippen LogP contribution in [-0.2, 0) is 11.2 Å². The van der Waals surface area contributed by atoms with Crippen LogP contribution in [0.15, 0.2) is 28.1 Å². The molecule has 3 heterocycles. The van der Waals surface area contributed by atoms with Crippen LogP contribution in [-0.4, -0.2) is 33.6 Å². The van der Waals surface area contributed by atoms with Crippen molar-refractivity contribution in [1.82, 2.24) is 15.1 Å². The predicted molar refractivity (Wildman–Crippen MR) is 110 cm³/mol. The zero-order valence-electron chi connectivity index (χ0n) is 16.3. The summed E-state index contributed by atoms with van der Waals surface area (Å²) >= 11 is 1.39. The first kappa shape index (κ1) is 19.5. The second kappa shape index (κ2) is 8.28. The number of aromatic nitrogens is 3. The van der Waals surface area contributed by atoms with Gasteiger partial charge in [-0.15, -0.1) is 11.3 Å². The molecule has 7 nitrogen and oxygen atoms in total. The highest BCUT2D eigenvalue weighted by molar-refractivity contribution is 7.13. The van der Waals surface area contributed by atoms with E-state index in [0.29, 0.717) is 47.5 Å². The molecule has 4 rings (SSSR count). The highest BCUT2D eigenvalue weighted by Crippen LogP contribution is 2.31. The maximum absolute atomic E-state index is 15.0. The lowest BCUT2D eigenvalue weighted by Gasteiger charge is -2.36. The minimum Gasteiger partial charge on any atom is -0.357 e. The van der Waals surface area contributed by atoms with E-state index in [1.54, 1.807) is 12.1 Å². The fraction of sp³-hybridized carbons (Fsp3) is 0.400. The molecule has 9 heteroatoms. The molecule has 0 saturated carbocycles. The van der Waals surface area contributed by atoms with E-state index in [1.165, 1.54) is 17.4 Å². The van der Waals surface area contributed by atoms with Crippen LogP contribution in [0.1, 0.15) is 37.8 Å². The largest absolute Gasteiger partial charge is 0.357 e. The SMILES string of the molecule is CCc1nc(-c2ccc(N3CCCCC3C(=O)Nc3nc(C)cs3)c(F)c2)no1. The Balaban J connectivity index is 1.56. The van der Waals surface area contributed by atoms with Crippen molar-refractivity contribution >= 4 is 28.1 Å². The van der Waals surface area contributed by atoms with Gasteiger partial charge in [-0.2, -0.15) is 4.98 Å². The summed E-state index contributed by atoms with van der Waals surface area (Å²) in [6, 6.07) is 4.40. The fourth-order valence-electron chi connectivity index (χ4n) is 3.49. The number of anilines is 2. The van der Waals surface area contributed by atoms with Gasteiger partial charge in [-0.05, 0) is 44.4 Å². The molecular weight excluding hydrogens is 393 g/mol. The molecule has 1 N–H and O–H groups in total. The van der Waals surface area contributed by atoms with Crippen molar-refractivity contribution in [3.8, 4) is 11.4 Å². The number of amides is 1. The Morgan fingerprint density at radius 3 is 2.93 bits per heavy atom. The molecule has 1 amide bonds. The number of nitrogens with one attached hydrogen (secondary N) is 1. The van der Waals surface area contributed by atoms with Gasteiger partial charge in [0.1, 0.15) is 11.9 Å². The Morgan fingerprint density at radius 2 is 2.24 bits per heavy atom. The van der Waals surface area contributed by atoms with Gasteiger partial charge in [-0.1, -0.05) is 12.1 Å². The van der Waals surface area contributed by atoms with Gasteiger partial charge in [0.05, 0.1) is 11.4 Å². The summed E-state index contributed by atoms with van der Waals surface area (Å²) in [7, 11) is 0. The lowest BCUT2D eigenvalue weighted by Crippen LogP contribution is -2.47. The summed E-state index contributed by atoms with van der Waals surface area (Å²) in [4.78, 5) is 23.2. The third kappa shape index (κ3) is 4.14. The normalized spacial score (nSPS) is 16.8. The molecule has 1 atom stereocenters. The molecule has 152 valence electrons. The van der Waals surface area contributed by atoms with Gasteiger partial charge < -0.3 is 14.7 Å². The van der Waals surface area contributed by atoms with Crippen LogP contribution in [0.25, 0.3) is 11.4 Å². The third-order valence-corrected chi connectivity index (χ3v) is 5.82. The molecular formula is C20H22FN5O2S. The van der Waals surface area contributed by atoms with Crippen molar-refractivity contribution in [2.75, 3.05) is 16.8 Å². The van der Waals surface area contributed by atoms with Crippen LogP contribution in [0.5, 0.6) is 0 Å². The number of carbonyl (C=O) groups is 1. The van der Waals surface area contributed by atoms with Crippen LogP contribution in [0.3, 0.4) is 0 Å². The second-order valence-corrected chi connectivity index (χ2v) is 7.88. The Bertz CT molecular complexity index is 1020. The smallest absolute Gasteiger partial charge is 0.248 e. The predicted octanol–water partition coefficient (Wildman–Crippen LogP) is 4.20. The molecule has 29 heavy (non-hydrogen) atoms. The molecule has 1 fully saturated rings. The van der Waals surface area contributed by atoms with Crippen molar-refractivity contribution in [3.05, 3.63) is 41.0 Å². The number of halogens is 1. The topological polar surface area (TPSA) is 84.2 Å². The first-order chi connectivity index (χ1) is 14.0. The van der Waals surface area contributed by atoms with Crippen molar-refractivity contribution in [2.24, 2.45) is 0 Å². The zero-order valence-corrected chi connectivity index (χ0v) is 17.1. The van der Waals surface area contributed by atoms with E-state index in [4.69, 9.17) is 4.52 Å². The van der Waals surface area contributed by atoms with Gasteiger partial charge in [-0.25, -0.2) is 9.37 Å². The van der Waals surface area contributed by atoms with Crippen molar-refractivity contribution < 1.29 is 13.7 Å². The highest BCUT2D eigenvalue weighted by atomic mass is 32.1. The van der Waals surface area contributed by atoms with Crippen LogP contribution < -0.4 is 10.2 Å². The van der Waals surface area contributed by atoms with Gasteiger partial charge in [0.2, 0.25) is 17.6 Å². The summed E-state index contributed by atoms with van der Waals surface area (Å²) in [6.07, 6.45) is 3.12. The van der Waals surface area contributed by atoms with Crippen LogP contribution in [0.4, 0.5) is 15.2 Å². The van der Waals surface area contributed by atoms with Crippen LogP contribution in [0, 0.1) is 12.7 Å². The van der Waals surface area contributed by atoms with E-state index >= 15 is 4.39 Å². The Hall–Kier alpha value is -2.81. The molecule has 2 aromatic heterocycles. The Labute approximate surface area is 172 Å². The van der Waals surface area contributed by atoms with Gasteiger partial charge in [-0.3, -0.25) is 4.79 Å². The summed E-state index contributed by atoms with van der Waals surface area (Å²) in [5.41, 5.74) is 1.81. The molecule has 0 aliphatic carbocycles. The van der Waals surface area contributed by atoms with E-state index in [9.17, 15) is 4.79 Å². The average Bonchev–Trinajstić information content (AvgIpc) is 3.37. The van der Waals surface area contributed by atoms with E-state index in [-0.39, 0.29) is 5.91 Å². The van der Waals surface area contributed by atoms with E-state index < -0.39 is 11.9 Å². The third-order valence-electron chi connectivity index (χ3n) is 4.94. The molecule has 1 saturated heterocycles. The quantitative estimate of drug-likeness (QED) is 0.672. The van der Waals surface area contributed by atoms with E-state index in [0.717, 1.165) is 18.5 Å². The van der Waals surface area contributed by atoms with Crippen molar-refractivity contribution in [1.29, 1.82) is 0 Å². The number of hydrogen-bond donors (Lipinski definition) is 1. The van der Waals surface area contributed by atoms with Crippen molar-refractivity contribution in [2.45, 2.75) is 45.6 Å². The number of nitrogens with zero attached hydrogens (tertiary/aromatic N) is 4. The van der Waals surface area contributed by atoms with Gasteiger partial charge in [0.15, 0.2) is 5.13 Å². The number of benzene rings is 1. The molecule has 1 unspecified atom stereocenters. The number of rotatable bonds is 5. The summed E-state index contributed by atoms with van der Waals surface area (Å²) < 4.78 is 20.1. The monoisotopic (exact) mass is 415 g/mol. The lowest BCUT2D eigenvalue weighted by atomic mass is 10.00. The maximum atomic E-state index is 15.0. The maximum Gasteiger partial charge on any atom is 0.248 e. The Morgan fingerprint density at radius 1 is 1.38 bits per heavy atom. The van der Waals surface area contributed by atoms with E-state index in [1.807, 2.05) is 24.1 Å². The van der Waals surface area contributed by atoms with Gasteiger partial charge in [0.25, 0.3) is 0 Å². The minimum absolute atomic E-state index is 0.159. The number of aryl methyl sites for hydroxylation is 2. The van der Waals surface area contributed by atoms with Crippen LogP contribution >= 0.6 is 11.3 Å². The standard InChI is InChI=1S/C20H22FN5O2S/c1-3-17-23-18(25-28-17)13-7-8-15(14(21)10-13)26-9-5-4-6-16(26)19(27)24-20-22-12(2)11-29-20/h7-8,10-11,16H,3-6,9H2,1-2H3,(H,22,24,27). The number of thiazole rings is 1. The molecule has 0 spiro atoms. The highest BCUT2D eigenvalue weighted by Gasteiger charge is 2.31. The van der Waals surface area contributed by atoms with Gasteiger partial charge in [0, 0.05) is 23.9 Å². The average molecular weight is 415 g/mol. The van der Waals surface area contributed by atoms with E-state index in [2.05, 4.69) is 20.4 Å². The summed E-state index contributed by atoms with van der Waals surface area (Å²) in [6.45, 7) is 4.41. The number of hydrogen-bond acceptors (Lipinski definition) is 7. The number of carbonyl (C=O) groups excluding carboxylic acids is 1. The second-order valence-electron chi connectivity index (χ2n) is 7.02.